The van der Waals surface area contributed by atoms with E-state index in [2.05, 4.69) is 72.3 Å². The molecule has 462 valence electrons. The van der Waals surface area contributed by atoms with Gasteiger partial charge in [-0.1, -0.05) is 42.5 Å². The number of amides is 3. The number of carbonyl (C=O) groups excluding carboxylic acids is 3. The summed E-state index contributed by atoms with van der Waals surface area (Å²) in [4.78, 5) is 74.4. The van der Waals surface area contributed by atoms with E-state index in [0.717, 1.165) is 60.7 Å². The number of thioether (sulfide) groups is 3. The van der Waals surface area contributed by atoms with Gasteiger partial charge in [0, 0.05) is 87.0 Å². The summed E-state index contributed by atoms with van der Waals surface area (Å²) >= 11 is 4.48. The molecule has 0 aliphatic carbocycles. The Labute approximate surface area is 529 Å². The van der Waals surface area contributed by atoms with Crippen molar-refractivity contribution < 1.29 is 49.9 Å². The fourth-order valence-corrected chi connectivity index (χ4v) is 11.2. The van der Waals surface area contributed by atoms with E-state index in [0.29, 0.717) is 62.6 Å². The second kappa shape index (κ2) is 29.1. The molecule has 29 heteroatoms. The molecular formula is C63H44F6N14O6S3. The molecule has 0 bridgehead atoms. The van der Waals surface area contributed by atoms with Gasteiger partial charge in [0.2, 0.25) is 0 Å². The minimum atomic E-state index is -4.72. The van der Waals surface area contributed by atoms with Gasteiger partial charge in [-0.05, 0) is 95.6 Å². The third kappa shape index (κ3) is 16.8. The molecule has 20 nitrogen and oxygen atoms in total. The number of aromatic nitrogens is 10. The van der Waals surface area contributed by atoms with E-state index in [4.69, 9.17) is 14.4 Å². The third-order valence-corrected chi connectivity index (χ3v) is 16.1. The largest absolute Gasteiger partial charge is 0.497 e. The summed E-state index contributed by atoms with van der Waals surface area (Å²) in [6.45, 7) is 0. The number of methoxy groups -OCH3 is 1. The van der Waals surface area contributed by atoms with Gasteiger partial charge in [-0.25, -0.2) is 29.7 Å². The molecule has 6 heterocycles. The van der Waals surface area contributed by atoms with Crippen molar-refractivity contribution in [2.75, 3.05) is 23.1 Å². The van der Waals surface area contributed by atoms with E-state index in [9.17, 15) is 45.5 Å². The molecule has 0 fully saturated rings. The van der Waals surface area contributed by atoms with Gasteiger partial charge in [-0.3, -0.25) is 29.6 Å². The fourth-order valence-electron chi connectivity index (χ4n) is 8.65. The highest BCUT2D eigenvalue weighted by Crippen LogP contribution is 2.37. The highest BCUT2D eigenvalue weighted by molar-refractivity contribution is 7.99. The van der Waals surface area contributed by atoms with Crippen molar-refractivity contribution >= 4 is 103 Å². The molecule has 0 atom stereocenters. The van der Waals surface area contributed by atoms with Gasteiger partial charge in [0.25, 0.3) is 17.7 Å². The number of anilines is 3. The predicted octanol–water partition coefficient (Wildman–Crippen LogP) is 13.8. The number of nitriles is 1. The molecule has 0 unspecified atom stereocenters. The van der Waals surface area contributed by atoms with E-state index in [-0.39, 0.29) is 34.0 Å². The molecule has 12 aromatic rings. The molecule has 6 aromatic heterocycles. The van der Waals surface area contributed by atoms with Gasteiger partial charge in [0.05, 0.1) is 59.2 Å². The Bertz CT molecular complexity index is 4760. The fraction of sp³-hybridized carbons (Fsp3) is 0.0952. The molecule has 0 spiro atoms. The third-order valence-electron chi connectivity index (χ3n) is 13.0. The number of H-pyrrole nitrogens is 2. The minimum Gasteiger partial charge on any atom is -0.497 e. The lowest BCUT2D eigenvalue weighted by Gasteiger charge is -2.13. The molecule has 3 amide bonds. The molecule has 0 radical (unpaired) electrons. The number of hydrogen-bond acceptors (Lipinski definition) is 18. The zero-order valence-corrected chi connectivity index (χ0v) is 49.9. The van der Waals surface area contributed by atoms with E-state index in [1.807, 2.05) is 30.3 Å². The molecule has 0 aliphatic heterocycles. The summed E-state index contributed by atoms with van der Waals surface area (Å²) in [7, 11) is 1.26. The summed E-state index contributed by atoms with van der Waals surface area (Å²) in [6.07, 6.45) is 1.89. The molecule has 5 N–H and O–H groups in total. The van der Waals surface area contributed by atoms with Gasteiger partial charge < -0.3 is 25.1 Å². The number of nitrogens with zero attached hydrogens (tertiary/aromatic N) is 9. The molecule has 0 saturated carbocycles. The summed E-state index contributed by atoms with van der Waals surface area (Å²) in [5.74, 6) is 0.540. The first-order valence-corrected chi connectivity index (χ1v) is 29.9. The molecule has 6 aromatic carbocycles. The lowest BCUT2D eigenvalue weighted by atomic mass is 10.1. The summed E-state index contributed by atoms with van der Waals surface area (Å²) in [5.41, 5.74) is 3.10. The van der Waals surface area contributed by atoms with E-state index in [1.54, 1.807) is 109 Å². The normalized spacial score (nSPS) is 11.2. The Morgan fingerprint density at radius 3 is 1.63 bits per heavy atom. The summed E-state index contributed by atoms with van der Waals surface area (Å²) in [6, 6.07) is 37.2. The number of aromatic amines is 2. The SMILES string of the molecule is COc1cc(NC(=O)c2cccc(CSc3ncnc4[nH]ncc34)c2)cc(C(F)(F)F)c1.N#Cc1cccc(NC(=O)c2cccc(CSc3cnccn3)c2)c1.O=C(Nc1ccc2c(C(F)(F)F)cc(=O)oc2c1)c1cccc(CSc2ncnc3[nH]ncc23)c1. The van der Waals surface area contributed by atoms with Crippen LogP contribution in [-0.2, 0) is 29.6 Å². The van der Waals surface area contributed by atoms with Crippen LogP contribution in [0.25, 0.3) is 33.0 Å². The molecule has 0 aliphatic rings. The number of hydrogen-bond donors (Lipinski definition) is 5. The van der Waals surface area contributed by atoms with E-state index < -0.39 is 40.9 Å². The molecular weight excluding hydrogens is 1260 g/mol. The number of halogens is 6. The van der Waals surface area contributed by atoms with Crippen molar-refractivity contribution in [2.45, 2.75) is 44.7 Å². The van der Waals surface area contributed by atoms with Crippen molar-refractivity contribution in [1.82, 2.24) is 50.3 Å². The molecule has 92 heavy (non-hydrogen) atoms. The molecule has 0 saturated heterocycles. The monoisotopic (exact) mass is 1300 g/mol. The van der Waals surface area contributed by atoms with Crippen molar-refractivity contribution in [1.29, 1.82) is 5.26 Å². The van der Waals surface area contributed by atoms with Crippen molar-refractivity contribution in [3.05, 3.63) is 244 Å². The van der Waals surface area contributed by atoms with Crippen LogP contribution in [0.15, 0.2) is 207 Å². The van der Waals surface area contributed by atoms with E-state index in [1.165, 1.54) is 61.5 Å². The van der Waals surface area contributed by atoms with Crippen LogP contribution in [0.3, 0.4) is 0 Å². The van der Waals surface area contributed by atoms with Gasteiger partial charge in [-0.15, -0.1) is 35.3 Å². The average molecular weight is 1300 g/mol. The Morgan fingerprint density at radius 1 is 0.565 bits per heavy atom. The lowest BCUT2D eigenvalue weighted by Crippen LogP contribution is -2.13. The Hall–Kier alpha value is -11.0. The first kappa shape index (κ1) is 64.0. The second-order valence-electron chi connectivity index (χ2n) is 19.3. The van der Waals surface area contributed by atoms with Crippen molar-refractivity contribution in [3.8, 4) is 11.8 Å². The Morgan fingerprint density at radius 2 is 1.11 bits per heavy atom. The molecule has 12 rings (SSSR count). The van der Waals surface area contributed by atoms with Crippen LogP contribution in [0.5, 0.6) is 5.75 Å². The second-order valence-corrected chi connectivity index (χ2v) is 22.2. The smallest absolute Gasteiger partial charge is 0.417 e. The van der Waals surface area contributed by atoms with Crippen molar-refractivity contribution in [3.63, 3.8) is 0 Å². The van der Waals surface area contributed by atoms with Gasteiger partial charge in [0.15, 0.2) is 11.3 Å². The van der Waals surface area contributed by atoms with E-state index >= 15 is 0 Å². The summed E-state index contributed by atoms with van der Waals surface area (Å²) < 4.78 is 88.9. The number of nitrogens with one attached hydrogen (secondary N) is 5. The maximum absolute atomic E-state index is 13.2. The maximum Gasteiger partial charge on any atom is 0.417 e. The zero-order chi connectivity index (χ0) is 64.8. The number of ether oxygens (including phenoxy) is 1. The highest BCUT2D eigenvalue weighted by atomic mass is 32.2. The number of carbonyl (C=O) groups is 3. The Kier molecular flexibility index (Phi) is 20.3. The number of benzene rings is 6. The number of rotatable bonds is 16. The van der Waals surface area contributed by atoms with Crippen LogP contribution >= 0.6 is 35.3 Å². The van der Waals surface area contributed by atoms with Crippen LogP contribution in [-0.4, -0.2) is 75.1 Å². The van der Waals surface area contributed by atoms with Crippen LogP contribution in [0, 0.1) is 11.3 Å². The standard InChI is InChI=1S/C23H14F3N5O3S.C21H16F3N5O2S.C19H14N4OS/c24-23(25,26)17-8-19(32)34-18-7-14(4-5-15(17)18)30-21(33)13-3-1-2-12(6-13)10-35-22-16-9-29-31-20(16)27-11-28-22;1-31-16-7-14(21(22,23)24)6-15(8-16)28-19(30)13-4-2-3-12(5-13)10-32-20-17-9-27-29-18(17)25-11-26-20;20-11-14-3-2-6-17(10-14)23-19(24)16-5-1-4-15(9-16)13-25-18-12-21-7-8-22-18/h1-9,11H,10H2,(H,30,33)(H,27,28,29,31);2-9,11H,10H2,1H3,(H,28,30)(H,25,26,27,29);1-10,12H,13H2,(H,23,24). The quantitative estimate of drug-likeness (QED) is 0.0260. The first-order valence-electron chi connectivity index (χ1n) is 26.9. The number of alkyl halides is 6. The van der Waals surface area contributed by atoms with Gasteiger partial charge in [0.1, 0.15) is 39.1 Å². The van der Waals surface area contributed by atoms with Crippen LogP contribution in [0.4, 0.5) is 43.4 Å². The minimum absolute atomic E-state index is 0.00399. The van der Waals surface area contributed by atoms with Crippen LogP contribution in [0.2, 0.25) is 0 Å². The topological polar surface area (TPSA) is 285 Å². The summed E-state index contributed by atoms with van der Waals surface area (Å²) in [5, 5.41) is 34.0. The predicted molar refractivity (Wildman–Crippen MR) is 334 cm³/mol. The average Bonchev–Trinajstić information content (AvgIpc) is 2.16. The highest BCUT2D eigenvalue weighted by Gasteiger charge is 2.34. The zero-order valence-electron chi connectivity index (χ0n) is 47.4. The van der Waals surface area contributed by atoms with Crippen LogP contribution in [0.1, 0.15) is 64.5 Å². The number of fused-ring (bicyclic) bond motifs is 3. The van der Waals surface area contributed by atoms with Gasteiger partial charge in [-0.2, -0.15) is 41.8 Å². The van der Waals surface area contributed by atoms with Gasteiger partial charge >= 0.3 is 18.0 Å². The Balaban J connectivity index is 0.000000153. The van der Waals surface area contributed by atoms with Crippen LogP contribution < -0.4 is 26.3 Å². The maximum atomic E-state index is 13.2. The van der Waals surface area contributed by atoms with Crippen molar-refractivity contribution in [2.24, 2.45) is 0 Å². The first-order chi connectivity index (χ1) is 44.3. The lowest BCUT2D eigenvalue weighted by molar-refractivity contribution is -0.138.